The summed E-state index contributed by atoms with van der Waals surface area (Å²) in [6.07, 6.45) is 6.34. The molecule has 1 aliphatic rings. The van der Waals surface area contributed by atoms with Crippen molar-refractivity contribution in [2.45, 2.75) is 0 Å². The van der Waals surface area contributed by atoms with E-state index in [1.54, 1.807) is 24.3 Å². The predicted octanol–water partition coefficient (Wildman–Crippen LogP) is 0.738. The zero-order valence-electron chi connectivity index (χ0n) is 8.90. The Hall–Kier alpha value is -2.54. The fourth-order valence-electron chi connectivity index (χ4n) is 1.48. The van der Waals surface area contributed by atoms with E-state index in [-0.39, 0.29) is 12.5 Å². The first-order valence-electron chi connectivity index (χ1n) is 4.94. The number of ether oxygens (including phenoxy) is 1. The van der Waals surface area contributed by atoms with Gasteiger partial charge in [-0.3, -0.25) is 14.9 Å². The quantitative estimate of drug-likeness (QED) is 0.612. The van der Waals surface area contributed by atoms with Crippen molar-refractivity contribution >= 4 is 17.4 Å². The summed E-state index contributed by atoms with van der Waals surface area (Å²) in [6, 6.07) is 6.80. The van der Waals surface area contributed by atoms with Crippen LogP contribution in [-0.4, -0.2) is 18.4 Å². The number of amides is 2. The van der Waals surface area contributed by atoms with Crippen LogP contribution < -0.4 is 10.1 Å². The molecule has 1 aromatic carbocycles. The Kier molecular flexibility index (Phi) is 2.93. The van der Waals surface area contributed by atoms with Gasteiger partial charge in [0.05, 0.1) is 5.57 Å². The summed E-state index contributed by atoms with van der Waals surface area (Å²) in [7, 11) is 0. The zero-order valence-corrected chi connectivity index (χ0v) is 8.90. The maximum absolute atomic E-state index is 11.4. The minimum Gasteiger partial charge on any atom is -0.481 e. The summed E-state index contributed by atoms with van der Waals surface area (Å²) in [5.41, 5.74) is 1.03. The Labute approximate surface area is 98.3 Å². The Morgan fingerprint density at radius 2 is 1.94 bits per heavy atom. The van der Waals surface area contributed by atoms with Crippen molar-refractivity contribution < 1.29 is 14.3 Å². The number of carbonyl (C=O) groups is 2. The fraction of sp³-hybridized carbons (Fsp3) is 0.0769. The number of imide groups is 1. The molecule has 0 bridgehead atoms. The fourth-order valence-corrected chi connectivity index (χ4v) is 1.48. The lowest BCUT2D eigenvalue weighted by atomic mass is 10.1. The van der Waals surface area contributed by atoms with E-state index >= 15 is 0 Å². The van der Waals surface area contributed by atoms with E-state index in [1.807, 2.05) is 0 Å². The summed E-state index contributed by atoms with van der Waals surface area (Å²) in [5, 5.41) is 2.19. The summed E-state index contributed by atoms with van der Waals surface area (Å²) < 4.78 is 5.20. The highest BCUT2D eigenvalue weighted by Crippen LogP contribution is 2.21. The van der Waals surface area contributed by atoms with Crippen molar-refractivity contribution in [2.75, 3.05) is 6.61 Å². The van der Waals surface area contributed by atoms with Crippen molar-refractivity contribution in [1.82, 2.24) is 5.32 Å². The van der Waals surface area contributed by atoms with E-state index in [9.17, 15) is 9.59 Å². The van der Waals surface area contributed by atoms with Gasteiger partial charge in [-0.2, -0.15) is 0 Å². The van der Waals surface area contributed by atoms with E-state index in [0.29, 0.717) is 16.9 Å². The van der Waals surface area contributed by atoms with E-state index in [1.165, 1.54) is 6.08 Å². The number of carbonyl (C=O) groups excluding carboxylic acids is 2. The van der Waals surface area contributed by atoms with Crippen LogP contribution in [0.15, 0.2) is 30.3 Å². The first kappa shape index (κ1) is 11.0. The third kappa shape index (κ3) is 2.34. The zero-order chi connectivity index (χ0) is 12.3. The van der Waals surface area contributed by atoms with Crippen LogP contribution in [0.5, 0.6) is 5.75 Å². The van der Waals surface area contributed by atoms with Crippen LogP contribution in [0.1, 0.15) is 5.56 Å². The second kappa shape index (κ2) is 4.54. The van der Waals surface area contributed by atoms with Crippen molar-refractivity contribution in [3.05, 3.63) is 35.9 Å². The molecule has 0 fully saturated rings. The molecule has 1 aliphatic heterocycles. The molecule has 0 unspecified atom stereocenters. The number of rotatable bonds is 3. The summed E-state index contributed by atoms with van der Waals surface area (Å²) in [4.78, 5) is 22.4. The number of hydrogen-bond acceptors (Lipinski definition) is 3. The lowest BCUT2D eigenvalue weighted by molar-refractivity contribution is -0.123. The SMILES string of the molecule is C#CCOc1ccc(C2=CC(=O)NC2=O)cc1. The van der Waals surface area contributed by atoms with E-state index in [2.05, 4.69) is 11.2 Å². The number of benzene rings is 1. The van der Waals surface area contributed by atoms with Crippen molar-refractivity contribution in [3.63, 3.8) is 0 Å². The van der Waals surface area contributed by atoms with Crippen molar-refractivity contribution in [2.24, 2.45) is 0 Å². The first-order chi connectivity index (χ1) is 8.20. The van der Waals surface area contributed by atoms with Gasteiger partial charge in [-0.15, -0.1) is 6.42 Å². The minimum absolute atomic E-state index is 0.195. The second-order valence-corrected chi connectivity index (χ2v) is 3.39. The molecular weight excluding hydrogens is 218 g/mol. The Bertz CT molecular complexity index is 535. The van der Waals surface area contributed by atoms with Crippen LogP contribution >= 0.6 is 0 Å². The minimum atomic E-state index is -0.391. The molecule has 84 valence electrons. The van der Waals surface area contributed by atoms with Crippen molar-refractivity contribution in [1.29, 1.82) is 0 Å². The van der Waals surface area contributed by atoms with Gasteiger partial charge in [0, 0.05) is 6.08 Å². The van der Waals surface area contributed by atoms with Crippen LogP contribution in [0, 0.1) is 12.3 Å². The molecule has 17 heavy (non-hydrogen) atoms. The van der Waals surface area contributed by atoms with Crippen LogP contribution in [0.25, 0.3) is 5.57 Å². The topological polar surface area (TPSA) is 55.4 Å². The number of nitrogens with one attached hydrogen (secondary N) is 1. The maximum atomic E-state index is 11.4. The highest BCUT2D eigenvalue weighted by atomic mass is 16.5. The van der Waals surface area contributed by atoms with E-state index in [4.69, 9.17) is 11.2 Å². The van der Waals surface area contributed by atoms with Gasteiger partial charge in [0.25, 0.3) is 11.8 Å². The summed E-state index contributed by atoms with van der Waals surface area (Å²) in [6.45, 7) is 0.195. The Morgan fingerprint density at radius 3 is 2.47 bits per heavy atom. The van der Waals surface area contributed by atoms with Gasteiger partial charge in [0.2, 0.25) is 0 Å². The Balaban J connectivity index is 2.19. The van der Waals surface area contributed by atoms with Gasteiger partial charge in [-0.05, 0) is 17.7 Å². The molecule has 0 aromatic heterocycles. The molecule has 0 radical (unpaired) electrons. The number of hydrogen-bond donors (Lipinski definition) is 1. The maximum Gasteiger partial charge on any atom is 0.258 e. The standard InChI is InChI=1S/C13H9NO3/c1-2-7-17-10-5-3-9(4-6-10)11-8-12(15)14-13(11)16/h1,3-6,8H,7H2,(H,14,15,16). The predicted molar refractivity (Wildman–Crippen MR) is 61.9 cm³/mol. The van der Waals surface area contributed by atoms with Gasteiger partial charge >= 0.3 is 0 Å². The normalized spacial score (nSPS) is 13.9. The molecule has 1 heterocycles. The molecular formula is C13H9NO3. The lowest BCUT2D eigenvalue weighted by Gasteiger charge is -2.04. The third-order valence-corrected chi connectivity index (χ3v) is 2.24. The van der Waals surface area contributed by atoms with Crippen LogP contribution in [0.4, 0.5) is 0 Å². The van der Waals surface area contributed by atoms with Crippen LogP contribution in [0.2, 0.25) is 0 Å². The molecule has 0 saturated heterocycles. The largest absolute Gasteiger partial charge is 0.481 e. The molecule has 4 heteroatoms. The highest BCUT2D eigenvalue weighted by molar-refractivity contribution is 6.33. The molecule has 0 atom stereocenters. The first-order valence-corrected chi connectivity index (χ1v) is 4.94. The smallest absolute Gasteiger partial charge is 0.258 e. The van der Waals surface area contributed by atoms with E-state index in [0.717, 1.165) is 0 Å². The van der Waals surface area contributed by atoms with Gasteiger partial charge in [0.15, 0.2) is 0 Å². The summed E-state index contributed by atoms with van der Waals surface area (Å²) >= 11 is 0. The lowest BCUT2D eigenvalue weighted by Crippen LogP contribution is -2.21. The average Bonchev–Trinajstić information content (AvgIpc) is 2.66. The second-order valence-electron chi connectivity index (χ2n) is 3.39. The molecule has 2 amide bonds. The van der Waals surface area contributed by atoms with E-state index < -0.39 is 5.91 Å². The Morgan fingerprint density at radius 1 is 1.24 bits per heavy atom. The molecule has 0 saturated carbocycles. The molecule has 1 aromatic rings. The molecule has 0 spiro atoms. The van der Waals surface area contributed by atoms with Gasteiger partial charge < -0.3 is 4.74 Å². The number of terminal acetylenes is 1. The van der Waals surface area contributed by atoms with Gasteiger partial charge in [-0.25, -0.2) is 0 Å². The molecule has 0 aliphatic carbocycles. The monoisotopic (exact) mass is 227 g/mol. The van der Waals surface area contributed by atoms with Crippen LogP contribution in [-0.2, 0) is 9.59 Å². The third-order valence-electron chi connectivity index (χ3n) is 2.24. The summed E-state index contributed by atoms with van der Waals surface area (Å²) in [5.74, 6) is 2.21. The average molecular weight is 227 g/mol. The highest BCUT2D eigenvalue weighted by Gasteiger charge is 2.21. The van der Waals surface area contributed by atoms with Gasteiger partial charge in [-0.1, -0.05) is 18.1 Å². The molecule has 1 N–H and O–H groups in total. The van der Waals surface area contributed by atoms with Gasteiger partial charge in [0.1, 0.15) is 12.4 Å². The van der Waals surface area contributed by atoms with Crippen LogP contribution in [0.3, 0.4) is 0 Å². The van der Waals surface area contributed by atoms with Crippen molar-refractivity contribution in [3.8, 4) is 18.1 Å². The molecule has 2 rings (SSSR count). The molecule has 4 nitrogen and oxygen atoms in total.